The predicted molar refractivity (Wildman–Crippen MR) is 69.2 cm³/mol. The van der Waals surface area contributed by atoms with Crippen molar-refractivity contribution in [1.29, 1.82) is 0 Å². The van der Waals surface area contributed by atoms with Gasteiger partial charge in [0.15, 0.2) is 0 Å². The van der Waals surface area contributed by atoms with Gasteiger partial charge in [0, 0.05) is 27.7 Å². The summed E-state index contributed by atoms with van der Waals surface area (Å²) in [6.45, 7) is 2.37. The molecule has 0 bridgehead atoms. The molecule has 2 aromatic rings. The van der Waals surface area contributed by atoms with Gasteiger partial charge in [-0.05, 0) is 31.7 Å². The van der Waals surface area contributed by atoms with Crippen LogP contribution in [-0.2, 0) is 6.42 Å². The molecule has 0 aliphatic rings. The Labute approximate surface area is 107 Å². The third-order valence-electron chi connectivity index (χ3n) is 2.60. The number of halogens is 2. The van der Waals surface area contributed by atoms with Crippen LogP contribution in [0.2, 0.25) is 0 Å². The molecule has 0 saturated carbocycles. The highest BCUT2D eigenvalue weighted by atomic mass is 79.9. The van der Waals surface area contributed by atoms with Crippen LogP contribution >= 0.6 is 15.9 Å². The molecule has 0 saturated heterocycles. The molecule has 0 radical (unpaired) electrons. The van der Waals surface area contributed by atoms with Gasteiger partial charge in [0.05, 0.1) is 5.69 Å². The van der Waals surface area contributed by atoms with Crippen molar-refractivity contribution in [1.82, 2.24) is 10.2 Å². The number of aryl methyl sites for hydroxylation is 1. The largest absolute Gasteiger partial charge is 0.330 e. The summed E-state index contributed by atoms with van der Waals surface area (Å²) in [5, 5.41) is 7.05. The van der Waals surface area contributed by atoms with E-state index >= 15 is 0 Å². The Bertz CT molecular complexity index is 537. The van der Waals surface area contributed by atoms with Crippen molar-refractivity contribution in [3.63, 3.8) is 0 Å². The van der Waals surface area contributed by atoms with Crippen molar-refractivity contribution in [2.45, 2.75) is 13.3 Å². The minimum atomic E-state index is -0.254. The molecule has 3 N–H and O–H groups in total. The summed E-state index contributed by atoms with van der Waals surface area (Å²) in [5.41, 5.74) is 8.55. The standard InChI is InChI=1S/C12H13BrFN3/c1-7-12(11(4-5-15)17-16-7)9-6-8(13)2-3-10(9)14/h2-3,6H,4-5,15H2,1H3,(H,16,17). The van der Waals surface area contributed by atoms with Gasteiger partial charge in [-0.1, -0.05) is 15.9 Å². The van der Waals surface area contributed by atoms with E-state index in [1.807, 2.05) is 6.92 Å². The first kappa shape index (κ1) is 12.3. The molecule has 3 nitrogen and oxygen atoms in total. The van der Waals surface area contributed by atoms with Gasteiger partial charge in [-0.15, -0.1) is 0 Å². The number of hydrogen-bond donors (Lipinski definition) is 2. The van der Waals surface area contributed by atoms with Gasteiger partial charge in [-0.25, -0.2) is 4.39 Å². The van der Waals surface area contributed by atoms with E-state index in [0.29, 0.717) is 18.5 Å². The molecule has 0 amide bonds. The summed E-state index contributed by atoms with van der Waals surface area (Å²) in [6, 6.07) is 4.88. The van der Waals surface area contributed by atoms with Gasteiger partial charge in [-0.3, -0.25) is 5.10 Å². The first-order chi connectivity index (χ1) is 8.13. The Balaban J connectivity index is 2.58. The number of nitrogens with zero attached hydrogens (tertiary/aromatic N) is 1. The van der Waals surface area contributed by atoms with Crippen LogP contribution in [0.4, 0.5) is 4.39 Å². The lowest BCUT2D eigenvalue weighted by molar-refractivity contribution is 0.630. The fourth-order valence-electron chi connectivity index (χ4n) is 1.84. The molecule has 1 aromatic carbocycles. The van der Waals surface area contributed by atoms with Crippen molar-refractivity contribution in [3.8, 4) is 11.1 Å². The number of H-pyrrole nitrogens is 1. The second-order valence-corrected chi connectivity index (χ2v) is 4.75. The van der Waals surface area contributed by atoms with Crippen LogP contribution < -0.4 is 5.73 Å². The zero-order valence-electron chi connectivity index (χ0n) is 9.43. The maximum absolute atomic E-state index is 13.8. The Hall–Kier alpha value is -1.20. The topological polar surface area (TPSA) is 54.7 Å². The number of benzene rings is 1. The maximum atomic E-state index is 13.8. The maximum Gasteiger partial charge on any atom is 0.131 e. The van der Waals surface area contributed by atoms with Crippen LogP contribution in [0.25, 0.3) is 11.1 Å². The highest BCUT2D eigenvalue weighted by Crippen LogP contribution is 2.30. The lowest BCUT2D eigenvalue weighted by Gasteiger charge is -2.05. The lowest BCUT2D eigenvalue weighted by Crippen LogP contribution is -2.04. The van der Waals surface area contributed by atoms with Gasteiger partial charge < -0.3 is 5.73 Å². The van der Waals surface area contributed by atoms with E-state index in [4.69, 9.17) is 5.73 Å². The first-order valence-corrected chi connectivity index (χ1v) is 6.12. The predicted octanol–water partition coefficient (Wildman–Crippen LogP) is 2.79. The lowest BCUT2D eigenvalue weighted by atomic mass is 10.0. The molecule has 2 rings (SSSR count). The fourth-order valence-corrected chi connectivity index (χ4v) is 2.20. The second kappa shape index (κ2) is 4.98. The van der Waals surface area contributed by atoms with Crippen molar-refractivity contribution in [2.24, 2.45) is 5.73 Å². The number of aromatic amines is 1. The Morgan fingerprint density at radius 3 is 2.94 bits per heavy atom. The molecular formula is C12H13BrFN3. The van der Waals surface area contributed by atoms with E-state index < -0.39 is 0 Å². The normalized spacial score (nSPS) is 10.8. The van der Waals surface area contributed by atoms with Gasteiger partial charge in [0.25, 0.3) is 0 Å². The van der Waals surface area contributed by atoms with E-state index in [0.717, 1.165) is 21.4 Å². The minimum absolute atomic E-state index is 0.254. The highest BCUT2D eigenvalue weighted by Gasteiger charge is 2.15. The van der Waals surface area contributed by atoms with Gasteiger partial charge >= 0.3 is 0 Å². The van der Waals surface area contributed by atoms with Crippen molar-refractivity contribution in [2.75, 3.05) is 6.54 Å². The Kier molecular flexibility index (Phi) is 3.59. The molecule has 1 aromatic heterocycles. The van der Waals surface area contributed by atoms with Crippen LogP contribution in [-0.4, -0.2) is 16.7 Å². The van der Waals surface area contributed by atoms with Crippen LogP contribution in [0.3, 0.4) is 0 Å². The molecule has 17 heavy (non-hydrogen) atoms. The van der Waals surface area contributed by atoms with E-state index in [1.165, 1.54) is 6.07 Å². The number of nitrogens with one attached hydrogen (secondary N) is 1. The number of hydrogen-bond acceptors (Lipinski definition) is 2. The average molecular weight is 298 g/mol. The first-order valence-electron chi connectivity index (χ1n) is 5.33. The number of nitrogens with two attached hydrogens (primary N) is 1. The molecule has 0 spiro atoms. The van der Waals surface area contributed by atoms with Crippen LogP contribution in [0.5, 0.6) is 0 Å². The zero-order chi connectivity index (χ0) is 12.4. The van der Waals surface area contributed by atoms with Crippen molar-refractivity contribution >= 4 is 15.9 Å². The molecule has 90 valence electrons. The molecule has 0 unspecified atom stereocenters. The summed E-state index contributed by atoms with van der Waals surface area (Å²) in [7, 11) is 0. The van der Waals surface area contributed by atoms with E-state index in [2.05, 4.69) is 26.1 Å². The summed E-state index contributed by atoms with van der Waals surface area (Å²) in [6.07, 6.45) is 0.631. The molecule has 0 fully saturated rings. The summed E-state index contributed by atoms with van der Waals surface area (Å²) in [4.78, 5) is 0. The molecule has 0 atom stereocenters. The smallest absolute Gasteiger partial charge is 0.131 e. The number of aromatic nitrogens is 2. The van der Waals surface area contributed by atoms with E-state index in [9.17, 15) is 4.39 Å². The van der Waals surface area contributed by atoms with Gasteiger partial charge in [0.2, 0.25) is 0 Å². The van der Waals surface area contributed by atoms with Gasteiger partial charge in [-0.2, -0.15) is 5.10 Å². The van der Waals surface area contributed by atoms with Crippen molar-refractivity contribution in [3.05, 3.63) is 39.9 Å². The average Bonchev–Trinajstić information content (AvgIpc) is 2.64. The van der Waals surface area contributed by atoms with E-state index in [-0.39, 0.29) is 5.82 Å². The summed E-state index contributed by atoms with van der Waals surface area (Å²) < 4.78 is 14.7. The van der Waals surface area contributed by atoms with Crippen LogP contribution in [0.1, 0.15) is 11.4 Å². The van der Waals surface area contributed by atoms with Crippen LogP contribution in [0, 0.1) is 12.7 Å². The Morgan fingerprint density at radius 1 is 1.47 bits per heavy atom. The third kappa shape index (κ3) is 2.40. The van der Waals surface area contributed by atoms with Gasteiger partial charge in [0.1, 0.15) is 5.82 Å². The molecule has 1 heterocycles. The summed E-state index contributed by atoms with van der Waals surface area (Å²) in [5.74, 6) is -0.254. The molecule has 0 aliphatic carbocycles. The Morgan fingerprint density at radius 2 is 2.24 bits per heavy atom. The third-order valence-corrected chi connectivity index (χ3v) is 3.09. The minimum Gasteiger partial charge on any atom is -0.330 e. The van der Waals surface area contributed by atoms with Crippen LogP contribution in [0.15, 0.2) is 22.7 Å². The van der Waals surface area contributed by atoms with E-state index in [1.54, 1.807) is 12.1 Å². The molecule has 5 heteroatoms. The molecule has 0 aliphatic heterocycles. The zero-order valence-corrected chi connectivity index (χ0v) is 11.0. The SMILES string of the molecule is Cc1[nH]nc(CCN)c1-c1cc(Br)ccc1F. The highest BCUT2D eigenvalue weighted by molar-refractivity contribution is 9.10. The van der Waals surface area contributed by atoms with Crippen molar-refractivity contribution < 1.29 is 4.39 Å². The fraction of sp³-hybridized carbons (Fsp3) is 0.250. The second-order valence-electron chi connectivity index (χ2n) is 3.83. The molecular weight excluding hydrogens is 285 g/mol. The number of rotatable bonds is 3. The summed E-state index contributed by atoms with van der Waals surface area (Å²) >= 11 is 3.35. The quantitative estimate of drug-likeness (QED) is 0.915. The monoisotopic (exact) mass is 297 g/mol.